The Balaban J connectivity index is 1.91. The largest absolute Gasteiger partial charge is 0.321 e. The van der Waals surface area contributed by atoms with Crippen molar-refractivity contribution in [1.82, 2.24) is 4.57 Å². The zero-order chi connectivity index (χ0) is 21.8. The van der Waals surface area contributed by atoms with Crippen molar-refractivity contribution in [1.29, 1.82) is 5.26 Å². The maximum atomic E-state index is 12.6. The molecule has 3 rings (SSSR count). The number of aromatic nitrogens is 1. The molecule has 152 valence electrons. The number of amides is 1. The van der Waals surface area contributed by atoms with Gasteiger partial charge >= 0.3 is 0 Å². The third-order valence-corrected chi connectivity index (χ3v) is 5.23. The number of carbonyl (C=O) groups is 1. The van der Waals surface area contributed by atoms with Crippen molar-refractivity contribution in [2.75, 3.05) is 5.32 Å². The van der Waals surface area contributed by atoms with Gasteiger partial charge in [-0.3, -0.25) is 4.79 Å². The topological polar surface area (TPSA) is 57.8 Å². The lowest BCUT2D eigenvalue weighted by molar-refractivity contribution is -0.112. The third-order valence-electron chi connectivity index (χ3n) is 5.23. The van der Waals surface area contributed by atoms with Crippen LogP contribution >= 0.6 is 0 Å². The molecule has 1 amide bonds. The maximum absolute atomic E-state index is 12.6. The molecule has 0 saturated carbocycles. The zero-order valence-electron chi connectivity index (χ0n) is 18.2. The molecule has 0 spiro atoms. The first kappa shape index (κ1) is 21.1. The van der Waals surface area contributed by atoms with Crippen molar-refractivity contribution in [3.63, 3.8) is 0 Å². The van der Waals surface area contributed by atoms with Crippen LogP contribution in [0.4, 0.5) is 5.69 Å². The van der Waals surface area contributed by atoms with Gasteiger partial charge in [-0.25, -0.2) is 0 Å². The maximum Gasteiger partial charge on any atom is 0.266 e. The molecule has 0 aliphatic heterocycles. The first-order valence-electron chi connectivity index (χ1n) is 10.1. The zero-order valence-corrected chi connectivity index (χ0v) is 18.2. The van der Waals surface area contributed by atoms with Gasteiger partial charge in [-0.15, -0.1) is 0 Å². The number of aryl methyl sites for hydroxylation is 2. The Morgan fingerprint density at radius 3 is 2.37 bits per heavy atom. The van der Waals surface area contributed by atoms with Gasteiger partial charge in [0.05, 0.1) is 0 Å². The lowest BCUT2D eigenvalue weighted by Gasteiger charge is -2.12. The Labute approximate surface area is 178 Å². The fraction of sp³-hybridized carbons (Fsp3) is 0.231. The molecule has 0 bridgehead atoms. The van der Waals surface area contributed by atoms with Crippen molar-refractivity contribution in [2.45, 2.75) is 40.5 Å². The fourth-order valence-corrected chi connectivity index (χ4v) is 3.56. The molecular formula is C26H27N3O. The molecule has 2 aromatic carbocycles. The number of benzene rings is 2. The summed E-state index contributed by atoms with van der Waals surface area (Å²) in [5.74, 6) is 0.0729. The van der Waals surface area contributed by atoms with Crippen LogP contribution in [0.15, 0.2) is 60.2 Å². The number of hydrogen-bond acceptors (Lipinski definition) is 2. The van der Waals surface area contributed by atoms with E-state index in [1.165, 1.54) is 5.56 Å². The molecule has 1 N–H and O–H groups in total. The first-order valence-corrected chi connectivity index (χ1v) is 10.1. The molecule has 4 nitrogen and oxygen atoms in total. The van der Waals surface area contributed by atoms with Crippen LogP contribution in [0, 0.1) is 32.1 Å². The number of anilines is 1. The second kappa shape index (κ2) is 8.84. The summed E-state index contributed by atoms with van der Waals surface area (Å²) in [6.07, 6.45) is 1.66. The van der Waals surface area contributed by atoms with Crippen LogP contribution in [0.3, 0.4) is 0 Å². The number of nitrogens with one attached hydrogen (secondary N) is 1. The van der Waals surface area contributed by atoms with Gasteiger partial charge in [-0.1, -0.05) is 38.1 Å². The quantitative estimate of drug-likeness (QED) is 0.419. The van der Waals surface area contributed by atoms with Crippen molar-refractivity contribution in [3.05, 3.63) is 88.2 Å². The number of nitriles is 1. The van der Waals surface area contributed by atoms with E-state index in [0.29, 0.717) is 11.6 Å². The van der Waals surface area contributed by atoms with Gasteiger partial charge < -0.3 is 9.88 Å². The summed E-state index contributed by atoms with van der Waals surface area (Å²) in [7, 11) is 0. The minimum absolute atomic E-state index is 0.0758. The Morgan fingerprint density at radius 2 is 1.77 bits per heavy atom. The summed E-state index contributed by atoms with van der Waals surface area (Å²) in [5.41, 5.74) is 7.05. The van der Waals surface area contributed by atoms with E-state index in [1.54, 1.807) is 6.08 Å². The van der Waals surface area contributed by atoms with E-state index in [9.17, 15) is 10.1 Å². The monoisotopic (exact) mass is 397 g/mol. The Bertz CT molecular complexity index is 1140. The summed E-state index contributed by atoms with van der Waals surface area (Å²) >= 11 is 0. The molecule has 1 aromatic heterocycles. The second-order valence-corrected chi connectivity index (χ2v) is 7.90. The Kier molecular flexibility index (Phi) is 6.23. The highest BCUT2D eigenvalue weighted by molar-refractivity contribution is 6.09. The molecule has 0 radical (unpaired) electrons. The van der Waals surface area contributed by atoms with E-state index in [0.717, 1.165) is 28.2 Å². The normalized spacial score (nSPS) is 11.4. The van der Waals surface area contributed by atoms with Crippen molar-refractivity contribution in [3.8, 4) is 11.8 Å². The molecular weight excluding hydrogens is 370 g/mol. The van der Waals surface area contributed by atoms with Gasteiger partial charge in [-0.05, 0) is 79.8 Å². The Morgan fingerprint density at radius 1 is 1.07 bits per heavy atom. The van der Waals surface area contributed by atoms with Crippen LogP contribution in [0.5, 0.6) is 0 Å². The van der Waals surface area contributed by atoms with Crippen LogP contribution < -0.4 is 5.32 Å². The van der Waals surface area contributed by atoms with Gasteiger partial charge in [0, 0.05) is 22.8 Å². The van der Waals surface area contributed by atoms with E-state index < -0.39 is 5.91 Å². The first-order chi connectivity index (χ1) is 14.3. The molecule has 0 saturated heterocycles. The summed E-state index contributed by atoms with van der Waals surface area (Å²) in [5, 5.41) is 12.4. The van der Waals surface area contributed by atoms with Crippen LogP contribution in [0.25, 0.3) is 11.8 Å². The van der Waals surface area contributed by atoms with Gasteiger partial charge in [0.25, 0.3) is 5.91 Å². The SMILES string of the molecule is Cc1cccc(NC(=O)/C(C#N)=C\c2cc(C)n(-c3ccc(C(C)C)cc3)c2C)c1. The number of hydrogen-bond donors (Lipinski definition) is 1. The van der Waals surface area contributed by atoms with Crippen molar-refractivity contribution in [2.24, 2.45) is 0 Å². The molecule has 0 fully saturated rings. The minimum atomic E-state index is -0.408. The highest BCUT2D eigenvalue weighted by atomic mass is 16.1. The summed E-state index contributed by atoms with van der Waals surface area (Å²) in [4.78, 5) is 12.6. The molecule has 0 aliphatic rings. The van der Waals surface area contributed by atoms with Crippen molar-refractivity contribution < 1.29 is 4.79 Å². The van der Waals surface area contributed by atoms with Gasteiger partial charge in [0.2, 0.25) is 0 Å². The van der Waals surface area contributed by atoms with Crippen LogP contribution in [0.1, 0.15) is 47.8 Å². The van der Waals surface area contributed by atoms with E-state index >= 15 is 0 Å². The van der Waals surface area contributed by atoms with E-state index in [1.807, 2.05) is 57.2 Å². The van der Waals surface area contributed by atoms with E-state index in [2.05, 4.69) is 48.0 Å². The molecule has 0 aliphatic carbocycles. The number of rotatable bonds is 5. The van der Waals surface area contributed by atoms with E-state index in [-0.39, 0.29) is 5.57 Å². The summed E-state index contributed by atoms with van der Waals surface area (Å²) in [6.45, 7) is 10.3. The summed E-state index contributed by atoms with van der Waals surface area (Å²) < 4.78 is 2.14. The molecule has 0 unspecified atom stereocenters. The number of carbonyl (C=O) groups excluding carboxylic acids is 1. The summed E-state index contributed by atoms with van der Waals surface area (Å²) in [6, 6.07) is 20.1. The molecule has 4 heteroatoms. The van der Waals surface area contributed by atoms with E-state index in [4.69, 9.17) is 0 Å². The molecule has 30 heavy (non-hydrogen) atoms. The second-order valence-electron chi connectivity index (χ2n) is 7.90. The van der Waals surface area contributed by atoms with Gasteiger partial charge in [0.15, 0.2) is 0 Å². The molecule has 1 heterocycles. The average Bonchev–Trinajstić information content (AvgIpc) is 2.99. The third kappa shape index (κ3) is 4.52. The predicted octanol–water partition coefficient (Wildman–Crippen LogP) is 6.07. The van der Waals surface area contributed by atoms with Crippen LogP contribution in [-0.4, -0.2) is 10.5 Å². The Hall–Kier alpha value is -3.58. The lowest BCUT2D eigenvalue weighted by atomic mass is 10.0. The minimum Gasteiger partial charge on any atom is -0.321 e. The highest BCUT2D eigenvalue weighted by Gasteiger charge is 2.14. The molecule has 3 aromatic rings. The highest BCUT2D eigenvalue weighted by Crippen LogP contribution is 2.25. The van der Waals surface area contributed by atoms with Crippen molar-refractivity contribution >= 4 is 17.7 Å². The lowest BCUT2D eigenvalue weighted by Crippen LogP contribution is -2.13. The number of nitrogens with zero attached hydrogens (tertiary/aromatic N) is 2. The predicted molar refractivity (Wildman–Crippen MR) is 123 cm³/mol. The fourth-order valence-electron chi connectivity index (χ4n) is 3.56. The smallest absolute Gasteiger partial charge is 0.266 e. The standard InChI is InChI=1S/C26H27N3O/c1-17(2)21-9-11-25(12-10-21)29-19(4)14-22(20(29)5)15-23(16-27)26(30)28-24-8-6-7-18(3)13-24/h6-15,17H,1-5H3,(H,28,30)/b23-15-. The average molecular weight is 398 g/mol. The van der Waals surface area contributed by atoms with Crippen LogP contribution in [0.2, 0.25) is 0 Å². The van der Waals surface area contributed by atoms with Gasteiger partial charge in [0.1, 0.15) is 11.6 Å². The van der Waals surface area contributed by atoms with Gasteiger partial charge in [-0.2, -0.15) is 5.26 Å². The molecule has 0 atom stereocenters. The van der Waals surface area contributed by atoms with Crippen LogP contribution in [-0.2, 0) is 4.79 Å².